The van der Waals surface area contributed by atoms with Gasteiger partial charge in [0.15, 0.2) is 0 Å². The number of aromatic nitrogens is 1. The van der Waals surface area contributed by atoms with E-state index in [1.165, 1.54) is 18.3 Å². The predicted octanol–water partition coefficient (Wildman–Crippen LogP) is 3.72. The maximum atomic E-state index is 13.0. The second-order valence-corrected chi connectivity index (χ2v) is 10.1. The minimum atomic E-state index is -4.82. The van der Waals surface area contributed by atoms with Crippen LogP contribution in [0.2, 0.25) is 0 Å². The van der Waals surface area contributed by atoms with Crippen LogP contribution in [0, 0.1) is 0 Å². The highest BCUT2D eigenvalue weighted by molar-refractivity contribution is 7.90. The molecular formula is C19H21F3N2O4S. The number of halogens is 3. The van der Waals surface area contributed by atoms with Gasteiger partial charge in [0.2, 0.25) is 10.0 Å². The molecule has 0 unspecified atom stereocenters. The van der Waals surface area contributed by atoms with Crippen molar-refractivity contribution >= 4 is 10.0 Å². The van der Waals surface area contributed by atoms with Crippen molar-refractivity contribution in [3.05, 3.63) is 53.9 Å². The van der Waals surface area contributed by atoms with Gasteiger partial charge in [0.05, 0.1) is 11.4 Å². The maximum absolute atomic E-state index is 13.0. The molecule has 0 saturated carbocycles. The van der Waals surface area contributed by atoms with E-state index in [9.17, 15) is 21.6 Å². The van der Waals surface area contributed by atoms with Gasteiger partial charge in [0.25, 0.3) is 0 Å². The third-order valence-electron chi connectivity index (χ3n) is 4.61. The first-order valence-electron chi connectivity index (χ1n) is 8.82. The highest BCUT2D eigenvalue weighted by Gasteiger charge is 2.46. The number of alkyl halides is 3. The number of benzene rings is 1. The van der Waals surface area contributed by atoms with Crippen LogP contribution in [0.5, 0.6) is 11.5 Å². The molecule has 0 radical (unpaired) electrons. The van der Waals surface area contributed by atoms with E-state index >= 15 is 0 Å². The molecule has 0 bridgehead atoms. The number of sulfonamides is 1. The van der Waals surface area contributed by atoms with Gasteiger partial charge in [-0.1, -0.05) is 12.1 Å². The fourth-order valence-corrected chi connectivity index (χ4v) is 4.10. The minimum absolute atomic E-state index is 0.201. The van der Waals surface area contributed by atoms with Crippen LogP contribution in [0.25, 0.3) is 0 Å². The van der Waals surface area contributed by atoms with Crippen LogP contribution >= 0.6 is 0 Å². The van der Waals surface area contributed by atoms with Gasteiger partial charge in [-0.15, -0.1) is 13.2 Å². The van der Waals surface area contributed by atoms with Crippen LogP contribution in [-0.4, -0.2) is 31.1 Å². The van der Waals surface area contributed by atoms with Crippen LogP contribution in [0.15, 0.2) is 42.6 Å². The Morgan fingerprint density at radius 1 is 1.14 bits per heavy atom. The predicted molar refractivity (Wildman–Crippen MR) is 100 cm³/mol. The van der Waals surface area contributed by atoms with Crippen molar-refractivity contribution in [1.82, 2.24) is 9.71 Å². The molecule has 6 nitrogen and oxygen atoms in total. The highest BCUT2D eigenvalue weighted by atomic mass is 32.2. The third-order valence-corrected chi connectivity index (χ3v) is 6.83. The van der Waals surface area contributed by atoms with Crippen LogP contribution < -0.4 is 14.2 Å². The Kier molecular flexibility index (Phi) is 5.29. The number of hydrogen-bond acceptors (Lipinski definition) is 5. The molecule has 0 fully saturated rings. The normalized spacial score (nSPS) is 19.9. The maximum Gasteiger partial charge on any atom is 0.573 e. The molecule has 0 spiro atoms. The summed E-state index contributed by atoms with van der Waals surface area (Å²) in [6.45, 7) is 4.87. The SMILES string of the molecule is CC(C)(C)S(=O)(=O)N[C@]1(c2ccc(OC(F)(F)F)cc2)CCOc2cccnc21. The number of nitrogens with one attached hydrogen (secondary N) is 1. The molecule has 1 aliphatic heterocycles. The largest absolute Gasteiger partial charge is 0.573 e. The molecule has 1 atom stereocenters. The molecule has 1 aromatic heterocycles. The first-order chi connectivity index (χ1) is 13.3. The highest BCUT2D eigenvalue weighted by Crippen LogP contribution is 2.42. The fourth-order valence-electron chi connectivity index (χ4n) is 3.02. The van der Waals surface area contributed by atoms with E-state index in [-0.39, 0.29) is 13.0 Å². The summed E-state index contributed by atoms with van der Waals surface area (Å²) < 4.78 is 74.6. The van der Waals surface area contributed by atoms with E-state index in [2.05, 4.69) is 14.4 Å². The van der Waals surface area contributed by atoms with Crippen molar-refractivity contribution in [3.63, 3.8) is 0 Å². The lowest BCUT2D eigenvalue weighted by Gasteiger charge is -2.40. The van der Waals surface area contributed by atoms with E-state index in [4.69, 9.17) is 4.74 Å². The van der Waals surface area contributed by atoms with E-state index in [1.807, 2.05) is 0 Å². The second-order valence-electron chi connectivity index (χ2n) is 7.64. The summed E-state index contributed by atoms with van der Waals surface area (Å²) in [5.41, 5.74) is -0.510. The molecule has 3 rings (SSSR count). The molecule has 0 amide bonds. The molecule has 2 aromatic rings. The average Bonchev–Trinajstić information content (AvgIpc) is 2.60. The van der Waals surface area contributed by atoms with E-state index in [1.54, 1.807) is 32.9 Å². The first kappa shape index (κ1) is 21.4. The average molecular weight is 430 g/mol. The zero-order valence-electron chi connectivity index (χ0n) is 16.1. The topological polar surface area (TPSA) is 77.5 Å². The summed E-state index contributed by atoms with van der Waals surface area (Å²) >= 11 is 0. The molecule has 1 N–H and O–H groups in total. The summed E-state index contributed by atoms with van der Waals surface area (Å²) in [7, 11) is -3.84. The smallest absolute Gasteiger partial charge is 0.491 e. The lowest BCUT2D eigenvalue weighted by Crippen LogP contribution is -2.54. The molecule has 2 heterocycles. The zero-order valence-corrected chi connectivity index (χ0v) is 16.9. The van der Waals surface area contributed by atoms with Gasteiger partial charge in [0, 0.05) is 12.6 Å². The lowest BCUT2D eigenvalue weighted by atomic mass is 9.82. The quantitative estimate of drug-likeness (QED) is 0.800. The molecule has 10 heteroatoms. The molecule has 29 heavy (non-hydrogen) atoms. The number of fused-ring (bicyclic) bond motifs is 1. The van der Waals surface area contributed by atoms with Crippen molar-refractivity contribution < 1.29 is 31.1 Å². The van der Waals surface area contributed by atoms with Crippen molar-refractivity contribution in [2.45, 2.75) is 43.8 Å². The molecular weight excluding hydrogens is 409 g/mol. The Hall–Kier alpha value is -2.33. The van der Waals surface area contributed by atoms with Crippen LogP contribution in [0.3, 0.4) is 0 Å². The summed E-state index contributed by atoms with van der Waals surface area (Å²) in [4.78, 5) is 4.33. The van der Waals surface area contributed by atoms with Crippen LogP contribution in [-0.2, 0) is 15.6 Å². The number of pyridine rings is 1. The first-order valence-corrected chi connectivity index (χ1v) is 10.3. The standard InChI is InChI=1S/C19H21F3N2O4S/c1-17(2,3)29(25,26)24-18(10-12-27-15-5-4-11-23-16(15)18)13-6-8-14(9-7-13)28-19(20,21)22/h4-9,11,24H,10,12H2,1-3H3/t18-/m0/s1. The number of hydrogen-bond donors (Lipinski definition) is 1. The van der Waals surface area contributed by atoms with E-state index < -0.39 is 32.4 Å². The fraction of sp³-hybridized carbons (Fsp3) is 0.421. The van der Waals surface area contributed by atoms with E-state index in [0.717, 1.165) is 12.1 Å². The van der Waals surface area contributed by atoms with Crippen molar-refractivity contribution in [1.29, 1.82) is 0 Å². The Balaban J connectivity index is 2.13. The Morgan fingerprint density at radius 3 is 2.38 bits per heavy atom. The molecule has 0 aliphatic carbocycles. The molecule has 1 aliphatic rings. The number of nitrogens with zero attached hydrogens (tertiary/aromatic N) is 1. The molecule has 1 aromatic carbocycles. The van der Waals surface area contributed by atoms with Gasteiger partial charge < -0.3 is 9.47 Å². The van der Waals surface area contributed by atoms with Crippen LogP contribution in [0.1, 0.15) is 38.4 Å². The Labute approximate surface area is 167 Å². The van der Waals surface area contributed by atoms with Crippen LogP contribution in [0.4, 0.5) is 13.2 Å². The van der Waals surface area contributed by atoms with Gasteiger partial charge >= 0.3 is 6.36 Å². The summed E-state index contributed by atoms with van der Waals surface area (Å²) in [6, 6.07) is 8.42. The summed E-state index contributed by atoms with van der Waals surface area (Å²) in [5.74, 6) is 0.00867. The lowest BCUT2D eigenvalue weighted by molar-refractivity contribution is -0.274. The molecule has 158 valence electrons. The Morgan fingerprint density at radius 2 is 1.79 bits per heavy atom. The number of rotatable bonds is 4. The van der Waals surface area contributed by atoms with Gasteiger partial charge in [-0.05, 0) is 50.6 Å². The van der Waals surface area contributed by atoms with Gasteiger partial charge in [-0.2, -0.15) is 4.72 Å². The zero-order chi connectivity index (χ0) is 21.5. The number of ether oxygens (including phenoxy) is 2. The van der Waals surface area contributed by atoms with Crippen molar-refractivity contribution in [2.24, 2.45) is 0 Å². The second kappa shape index (κ2) is 7.17. The van der Waals surface area contributed by atoms with Gasteiger partial charge in [-0.3, -0.25) is 4.98 Å². The summed E-state index contributed by atoms with van der Waals surface area (Å²) in [6.07, 6.45) is -3.10. The molecule has 0 saturated heterocycles. The summed E-state index contributed by atoms with van der Waals surface area (Å²) in [5, 5.41) is 0. The minimum Gasteiger partial charge on any atom is -0.491 e. The monoisotopic (exact) mass is 430 g/mol. The van der Waals surface area contributed by atoms with E-state index in [0.29, 0.717) is 17.0 Å². The van der Waals surface area contributed by atoms with Gasteiger partial charge in [0.1, 0.15) is 22.7 Å². The van der Waals surface area contributed by atoms with Gasteiger partial charge in [-0.25, -0.2) is 8.42 Å². The Bertz CT molecular complexity index is 986. The third kappa shape index (κ3) is 4.32. The van der Waals surface area contributed by atoms with Crippen molar-refractivity contribution in [3.8, 4) is 11.5 Å². The van der Waals surface area contributed by atoms with Crippen molar-refractivity contribution in [2.75, 3.05) is 6.61 Å².